The van der Waals surface area contributed by atoms with Gasteiger partial charge in [0.25, 0.3) is 0 Å². The number of hydrogen-bond donors (Lipinski definition) is 0. The summed E-state index contributed by atoms with van der Waals surface area (Å²) in [5.74, 6) is 0.898. The lowest BCUT2D eigenvalue weighted by Gasteiger charge is -2.24. The minimum Gasteiger partial charge on any atom is -0.283 e. The molecule has 0 radical (unpaired) electrons. The summed E-state index contributed by atoms with van der Waals surface area (Å²) < 4.78 is 2.45. The second kappa shape index (κ2) is 9.79. The molecule has 0 aliphatic carbocycles. The zero-order valence-corrected chi connectivity index (χ0v) is 21.9. The van der Waals surface area contributed by atoms with Gasteiger partial charge in [0.2, 0.25) is 17.2 Å². The van der Waals surface area contributed by atoms with Gasteiger partial charge in [0.05, 0.1) is 5.41 Å². The standard InChI is InChI=1S/C31H42NO/c1-9-31(10-2)21-30(7,8)32(28-25(22(3)4)17-14-18-26(28)23(5)6)29(31)27(33)20-19-24-15-12-11-13-16-24/h11-20,22-23H,9-10,21H2,1-8H3/q+1/b20-19+. The summed E-state index contributed by atoms with van der Waals surface area (Å²) in [7, 11) is 0. The number of ketones is 1. The molecule has 0 aromatic heterocycles. The SMILES string of the molecule is CCC1(CC)CC(C)(C)[N+](c2c(C(C)C)cccc2C(C)C)=C1C(=O)/C=C/c1ccccc1. The third-order valence-electron chi connectivity index (χ3n) is 7.48. The van der Waals surface area contributed by atoms with E-state index in [1.165, 1.54) is 16.8 Å². The van der Waals surface area contributed by atoms with Crippen molar-refractivity contribution < 1.29 is 9.37 Å². The highest BCUT2D eigenvalue weighted by Gasteiger charge is 2.58. The Balaban J connectivity index is 2.35. The van der Waals surface area contributed by atoms with Crippen LogP contribution in [0.2, 0.25) is 0 Å². The van der Waals surface area contributed by atoms with E-state index in [0.29, 0.717) is 11.8 Å². The second-order valence-corrected chi connectivity index (χ2v) is 10.9. The van der Waals surface area contributed by atoms with E-state index in [0.717, 1.165) is 30.5 Å². The zero-order chi connectivity index (χ0) is 24.4. The number of carbonyl (C=O) groups is 1. The first-order valence-corrected chi connectivity index (χ1v) is 12.7. The molecule has 2 heteroatoms. The molecule has 1 aliphatic heterocycles. The van der Waals surface area contributed by atoms with Crippen LogP contribution in [-0.2, 0) is 4.79 Å². The Bertz CT molecular complexity index is 1020. The molecule has 2 aromatic carbocycles. The number of carbonyl (C=O) groups excluding carboxylic acids is 1. The summed E-state index contributed by atoms with van der Waals surface area (Å²) >= 11 is 0. The number of para-hydroxylation sites is 1. The number of benzene rings is 2. The maximum absolute atomic E-state index is 14.0. The van der Waals surface area contributed by atoms with E-state index in [1.54, 1.807) is 6.08 Å². The predicted octanol–water partition coefficient (Wildman–Crippen LogP) is 8.29. The average molecular weight is 445 g/mol. The van der Waals surface area contributed by atoms with Gasteiger partial charge in [0, 0.05) is 31.4 Å². The van der Waals surface area contributed by atoms with Crippen LogP contribution in [-0.4, -0.2) is 21.6 Å². The van der Waals surface area contributed by atoms with Crippen molar-refractivity contribution in [2.75, 3.05) is 0 Å². The van der Waals surface area contributed by atoms with Crippen LogP contribution in [0, 0.1) is 5.41 Å². The highest BCUT2D eigenvalue weighted by Crippen LogP contribution is 2.50. The second-order valence-electron chi connectivity index (χ2n) is 10.9. The van der Waals surface area contributed by atoms with Crippen LogP contribution in [0.3, 0.4) is 0 Å². The Labute approximate surface area is 201 Å². The van der Waals surface area contributed by atoms with Crippen molar-refractivity contribution in [1.82, 2.24) is 0 Å². The van der Waals surface area contributed by atoms with Crippen molar-refractivity contribution >= 4 is 23.3 Å². The molecule has 0 saturated heterocycles. The van der Waals surface area contributed by atoms with Crippen molar-refractivity contribution in [2.24, 2.45) is 5.41 Å². The minimum atomic E-state index is -0.147. The molecule has 1 aliphatic rings. The van der Waals surface area contributed by atoms with Crippen molar-refractivity contribution in [3.63, 3.8) is 0 Å². The molecule has 2 nitrogen and oxygen atoms in total. The van der Waals surface area contributed by atoms with Gasteiger partial charge >= 0.3 is 0 Å². The van der Waals surface area contributed by atoms with E-state index >= 15 is 0 Å². The summed E-state index contributed by atoms with van der Waals surface area (Å²) in [6.07, 6.45) is 6.67. The summed E-state index contributed by atoms with van der Waals surface area (Å²) in [5, 5.41) is 0. The molecular weight excluding hydrogens is 402 g/mol. The van der Waals surface area contributed by atoms with Crippen molar-refractivity contribution in [1.29, 1.82) is 0 Å². The lowest BCUT2D eigenvalue weighted by Crippen LogP contribution is -2.35. The van der Waals surface area contributed by atoms with Gasteiger partial charge in [-0.2, -0.15) is 4.58 Å². The van der Waals surface area contributed by atoms with E-state index < -0.39 is 0 Å². The van der Waals surface area contributed by atoms with Crippen LogP contribution in [0.4, 0.5) is 5.69 Å². The molecule has 0 bridgehead atoms. The summed E-state index contributed by atoms with van der Waals surface area (Å²) in [4.78, 5) is 14.0. The van der Waals surface area contributed by atoms with Crippen LogP contribution >= 0.6 is 0 Å². The van der Waals surface area contributed by atoms with Crippen LogP contribution in [0.15, 0.2) is 54.6 Å². The fourth-order valence-corrected chi connectivity index (χ4v) is 5.74. The Kier molecular flexibility index (Phi) is 7.46. The van der Waals surface area contributed by atoms with E-state index in [9.17, 15) is 4.79 Å². The lowest BCUT2D eigenvalue weighted by atomic mass is 9.72. The highest BCUT2D eigenvalue weighted by atomic mass is 16.1. The summed E-state index contributed by atoms with van der Waals surface area (Å²) in [6.45, 7) is 18.2. The van der Waals surface area contributed by atoms with Crippen LogP contribution in [0.25, 0.3) is 6.08 Å². The number of allylic oxidation sites excluding steroid dienone is 1. The van der Waals surface area contributed by atoms with Crippen LogP contribution in [0.1, 0.15) is 103 Å². The molecule has 0 fully saturated rings. The van der Waals surface area contributed by atoms with Crippen molar-refractivity contribution in [3.05, 3.63) is 71.3 Å². The molecule has 33 heavy (non-hydrogen) atoms. The third-order valence-corrected chi connectivity index (χ3v) is 7.48. The average Bonchev–Trinajstić information content (AvgIpc) is 3.04. The van der Waals surface area contributed by atoms with Gasteiger partial charge in [-0.05, 0) is 36.3 Å². The number of rotatable bonds is 8. The van der Waals surface area contributed by atoms with E-state index in [2.05, 4.69) is 78.2 Å². The number of nitrogens with zero attached hydrogens (tertiary/aromatic N) is 1. The van der Waals surface area contributed by atoms with E-state index in [1.807, 2.05) is 36.4 Å². The van der Waals surface area contributed by atoms with Gasteiger partial charge in [-0.15, -0.1) is 0 Å². The first kappa shape index (κ1) is 25.1. The number of hydrogen-bond acceptors (Lipinski definition) is 1. The maximum atomic E-state index is 14.0. The van der Waals surface area contributed by atoms with Gasteiger partial charge in [-0.3, -0.25) is 4.79 Å². The van der Waals surface area contributed by atoms with E-state index in [-0.39, 0.29) is 16.7 Å². The fourth-order valence-electron chi connectivity index (χ4n) is 5.74. The minimum absolute atomic E-state index is 0.125. The predicted molar refractivity (Wildman–Crippen MR) is 142 cm³/mol. The van der Waals surface area contributed by atoms with Crippen molar-refractivity contribution in [2.45, 2.75) is 92.0 Å². The molecule has 0 saturated carbocycles. The fraction of sp³-hybridized carbons (Fsp3) is 0.484. The zero-order valence-electron chi connectivity index (χ0n) is 21.9. The highest BCUT2D eigenvalue weighted by molar-refractivity contribution is 6.45. The Morgan fingerprint density at radius 1 is 0.909 bits per heavy atom. The molecule has 0 spiro atoms. The topological polar surface area (TPSA) is 20.1 Å². The summed E-state index contributed by atoms with van der Waals surface area (Å²) in [5.41, 5.74) is 5.67. The molecule has 0 amide bonds. The molecule has 0 N–H and O–H groups in total. The molecule has 0 unspecified atom stereocenters. The Morgan fingerprint density at radius 2 is 1.45 bits per heavy atom. The first-order chi connectivity index (χ1) is 15.6. The van der Waals surface area contributed by atoms with Crippen LogP contribution in [0.5, 0.6) is 0 Å². The van der Waals surface area contributed by atoms with Gasteiger partial charge in [0.1, 0.15) is 0 Å². The molecule has 2 aromatic rings. The van der Waals surface area contributed by atoms with Gasteiger partial charge in [-0.1, -0.05) is 96.1 Å². The van der Waals surface area contributed by atoms with Crippen molar-refractivity contribution in [3.8, 4) is 0 Å². The molecule has 1 heterocycles. The smallest absolute Gasteiger partial charge is 0.245 e. The lowest BCUT2D eigenvalue weighted by molar-refractivity contribution is -0.515. The maximum Gasteiger partial charge on any atom is 0.245 e. The molecular formula is C31H42NO+. The first-order valence-electron chi connectivity index (χ1n) is 12.7. The quantitative estimate of drug-likeness (QED) is 0.296. The monoisotopic (exact) mass is 444 g/mol. The molecule has 3 rings (SSSR count). The molecule has 176 valence electrons. The van der Waals surface area contributed by atoms with Gasteiger partial charge < -0.3 is 0 Å². The van der Waals surface area contributed by atoms with Crippen LogP contribution < -0.4 is 0 Å². The normalized spacial score (nSPS) is 17.5. The molecule has 0 atom stereocenters. The Hall–Kier alpha value is -2.48. The Morgan fingerprint density at radius 3 is 1.94 bits per heavy atom. The van der Waals surface area contributed by atoms with Gasteiger partial charge in [-0.25, -0.2) is 0 Å². The van der Waals surface area contributed by atoms with Gasteiger partial charge in [0.15, 0.2) is 5.54 Å². The summed E-state index contributed by atoms with van der Waals surface area (Å²) in [6, 6.07) is 16.8. The largest absolute Gasteiger partial charge is 0.283 e. The third kappa shape index (κ3) is 4.76. The van der Waals surface area contributed by atoms with E-state index in [4.69, 9.17) is 0 Å².